The van der Waals surface area contributed by atoms with Gasteiger partial charge in [0.25, 0.3) is 5.91 Å². The van der Waals surface area contributed by atoms with E-state index in [1.165, 1.54) is 0 Å². The third-order valence-electron chi connectivity index (χ3n) is 2.88. The van der Waals surface area contributed by atoms with Crippen LogP contribution in [0.25, 0.3) is 11.4 Å². The fourth-order valence-corrected chi connectivity index (χ4v) is 2.33. The van der Waals surface area contributed by atoms with E-state index in [0.717, 1.165) is 10.0 Å². The van der Waals surface area contributed by atoms with Crippen LogP contribution >= 0.6 is 15.9 Å². The maximum absolute atomic E-state index is 12.0. The summed E-state index contributed by atoms with van der Waals surface area (Å²) in [7, 11) is 0. The Morgan fingerprint density at radius 1 is 1.05 bits per heavy atom. The van der Waals surface area contributed by atoms with Gasteiger partial charge in [-0.3, -0.25) is 15.2 Å². The second kappa shape index (κ2) is 5.88. The number of nitrogens with zero attached hydrogens (tertiary/aromatic N) is 2. The monoisotopic (exact) mass is 342 g/mol. The Morgan fingerprint density at radius 2 is 1.76 bits per heavy atom. The molecule has 0 saturated heterocycles. The summed E-state index contributed by atoms with van der Waals surface area (Å²) < 4.78 is 0.905. The molecule has 5 nitrogen and oxygen atoms in total. The van der Waals surface area contributed by atoms with Crippen LogP contribution in [0.1, 0.15) is 10.4 Å². The molecule has 0 aliphatic rings. The molecular formula is C15H11BrN4O. The molecule has 0 bridgehead atoms. The van der Waals surface area contributed by atoms with Crippen LogP contribution in [0, 0.1) is 0 Å². The summed E-state index contributed by atoms with van der Waals surface area (Å²) in [5.74, 6) is 0.591. The normalized spacial score (nSPS) is 10.3. The highest BCUT2D eigenvalue weighted by molar-refractivity contribution is 9.10. The second-order valence-electron chi connectivity index (χ2n) is 4.31. The third kappa shape index (κ3) is 3.00. The van der Waals surface area contributed by atoms with E-state index in [9.17, 15) is 4.79 Å². The van der Waals surface area contributed by atoms with Crippen molar-refractivity contribution in [1.82, 2.24) is 15.2 Å². The number of carbonyl (C=O) groups is 1. The number of carbonyl (C=O) groups excluding carboxylic acids is 1. The zero-order valence-electron chi connectivity index (χ0n) is 10.9. The van der Waals surface area contributed by atoms with Crippen LogP contribution < -0.4 is 5.32 Å². The van der Waals surface area contributed by atoms with Crippen molar-refractivity contribution in [2.75, 3.05) is 5.32 Å². The molecule has 0 aliphatic heterocycles. The smallest absolute Gasteiger partial charge is 0.258 e. The fourth-order valence-electron chi connectivity index (χ4n) is 1.85. The van der Waals surface area contributed by atoms with Crippen molar-refractivity contribution >= 4 is 27.8 Å². The number of H-pyrrole nitrogens is 1. The molecule has 0 fully saturated rings. The van der Waals surface area contributed by atoms with Crippen molar-refractivity contribution in [3.63, 3.8) is 0 Å². The van der Waals surface area contributed by atoms with Gasteiger partial charge in [0, 0.05) is 15.6 Å². The van der Waals surface area contributed by atoms with Crippen molar-refractivity contribution in [1.29, 1.82) is 0 Å². The van der Waals surface area contributed by atoms with Gasteiger partial charge in [0.05, 0.1) is 0 Å². The number of amides is 1. The standard InChI is InChI=1S/C15H11BrN4O/c16-12-9-5-4-8-11(12)13-17-15(20-19-13)18-14(21)10-6-2-1-3-7-10/h1-9H,(H2,17,18,19,20,21). The van der Waals surface area contributed by atoms with E-state index in [1.54, 1.807) is 24.3 Å². The summed E-state index contributed by atoms with van der Waals surface area (Å²) in [6, 6.07) is 16.6. The van der Waals surface area contributed by atoms with Crippen molar-refractivity contribution in [3.05, 3.63) is 64.6 Å². The predicted octanol–water partition coefficient (Wildman–Crippen LogP) is 3.49. The highest BCUT2D eigenvalue weighted by Crippen LogP contribution is 2.25. The lowest BCUT2D eigenvalue weighted by atomic mass is 10.2. The number of aromatic amines is 1. The SMILES string of the molecule is O=C(Nc1n[nH]c(-c2ccccc2Br)n1)c1ccccc1. The van der Waals surface area contributed by atoms with E-state index in [4.69, 9.17) is 0 Å². The molecule has 0 radical (unpaired) electrons. The Balaban J connectivity index is 1.80. The van der Waals surface area contributed by atoms with Gasteiger partial charge in [-0.15, -0.1) is 5.10 Å². The Labute approximate surface area is 129 Å². The average Bonchev–Trinajstić information content (AvgIpc) is 2.97. The zero-order chi connectivity index (χ0) is 14.7. The first-order chi connectivity index (χ1) is 10.2. The van der Waals surface area contributed by atoms with Crippen LogP contribution in [-0.2, 0) is 0 Å². The minimum absolute atomic E-state index is 0.242. The molecule has 2 N–H and O–H groups in total. The number of nitrogens with one attached hydrogen (secondary N) is 2. The highest BCUT2D eigenvalue weighted by Gasteiger charge is 2.11. The lowest BCUT2D eigenvalue weighted by Crippen LogP contribution is -2.12. The predicted molar refractivity (Wildman–Crippen MR) is 83.9 cm³/mol. The van der Waals surface area contributed by atoms with Gasteiger partial charge in [-0.1, -0.05) is 52.3 Å². The zero-order valence-corrected chi connectivity index (χ0v) is 12.5. The van der Waals surface area contributed by atoms with Crippen LogP contribution in [0.4, 0.5) is 5.95 Å². The summed E-state index contributed by atoms with van der Waals surface area (Å²) in [5.41, 5.74) is 1.44. The molecular weight excluding hydrogens is 332 g/mol. The Kier molecular flexibility index (Phi) is 3.79. The van der Waals surface area contributed by atoms with Gasteiger partial charge in [0.15, 0.2) is 5.82 Å². The molecule has 1 heterocycles. The van der Waals surface area contributed by atoms with Gasteiger partial charge in [-0.25, -0.2) is 0 Å². The van der Waals surface area contributed by atoms with E-state index in [-0.39, 0.29) is 11.9 Å². The molecule has 1 amide bonds. The van der Waals surface area contributed by atoms with Crippen LogP contribution in [0.15, 0.2) is 59.1 Å². The van der Waals surface area contributed by atoms with Gasteiger partial charge in [0.1, 0.15) is 0 Å². The molecule has 0 saturated carbocycles. The summed E-state index contributed by atoms with van der Waals surface area (Å²) >= 11 is 3.45. The molecule has 21 heavy (non-hydrogen) atoms. The van der Waals surface area contributed by atoms with Crippen LogP contribution in [0.3, 0.4) is 0 Å². The van der Waals surface area contributed by atoms with E-state index < -0.39 is 0 Å². The molecule has 3 rings (SSSR count). The number of rotatable bonds is 3. The van der Waals surface area contributed by atoms with Gasteiger partial charge in [0.2, 0.25) is 5.95 Å². The Morgan fingerprint density at radius 3 is 2.52 bits per heavy atom. The van der Waals surface area contributed by atoms with Crippen LogP contribution in [0.5, 0.6) is 0 Å². The number of hydrogen-bond donors (Lipinski definition) is 2. The minimum atomic E-state index is -0.242. The van der Waals surface area contributed by atoms with E-state index >= 15 is 0 Å². The Bertz CT molecular complexity index is 770. The molecule has 0 aliphatic carbocycles. The van der Waals surface area contributed by atoms with Crippen molar-refractivity contribution < 1.29 is 4.79 Å². The summed E-state index contributed by atoms with van der Waals surface area (Å²) in [4.78, 5) is 16.3. The van der Waals surface area contributed by atoms with Gasteiger partial charge < -0.3 is 0 Å². The maximum atomic E-state index is 12.0. The first kappa shape index (κ1) is 13.5. The number of anilines is 1. The first-order valence-corrected chi connectivity index (χ1v) is 7.07. The molecule has 3 aromatic rings. The van der Waals surface area contributed by atoms with E-state index in [2.05, 4.69) is 36.4 Å². The quantitative estimate of drug-likeness (QED) is 0.765. The fraction of sp³-hybridized carbons (Fsp3) is 0. The molecule has 104 valence electrons. The van der Waals surface area contributed by atoms with Gasteiger partial charge in [-0.2, -0.15) is 4.98 Å². The number of hydrogen-bond acceptors (Lipinski definition) is 3. The molecule has 0 spiro atoms. The minimum Gasteiger partial charge on any atom is -0.289 e. The molecule has 2 aromatic carbocycles. The molecule has 0 atom stereocenters. The summed E-state index contributed by atoms with van der Waals surface area (Å²) in [6.45, 7) is 0. The lowest BCUT2D eigenvalue weighted by Gasteiger charge is -2.00. The second-order valence-corrected chi connectivity index (χ2v) is 5.16. The summed E-state index contributed by atoms with van der Waals surface area (Å²) in [5, 5.41) is 9.48. The highest BCUT2D eigenvalue weighted by atomic mass is 79.9. The Hall–Kier alpha value is -2.47. The van der Waals surface area contributed by atoms with E-state index in [0.29, 0.717) is 11.4 Å². The molecule has 6 heteroatoms. The van der Waals surface area contributed by atoms with Crippen LogP contribution in [-0.4, -0.2) is 21.1 Å². The number of benzene rings is 2. The van der Waals surface area contributed by atoms with Crippen molar-refractivity contribution in [2.24, 2.45) is 0 Å². The van der Waals surface area contributed by atoms with Gasteiger partial charge >= 0.3 is 0 Å². The number of halogens is 1. The topological polar surface area (TPSA) is 70.7 Å². The van der Waals surface area contributed by atoms with E-state index in [1.807, 2.05) is 30.3 Å². The largest absolute Gasteiger partial charge is 0.289 e. The third-order valence-corrected chi connectivity index (χ3v) is 3.57. The number of aromatic nitrogens is 3. The lowest BCUT2D eigenvalue weighted by molar-refractivity contribution is 0.102. The van der Waals surface area contributed by atoms with Crippen LogP contribution in [0.2, 0.25) is 0 Å². The maximum Gasteiger partial charge on any atom is 0.258 e. The first-order valence-electron chi connectivity index (χ1n) is 6.28. The van der Waals surface area contributed by atoms with Crippen molar-refractivity contribution in [2.45, 2.75) is 0 Å². The molecule has 0 unspecified atom stereocenters. The van der Waals surface area contributed by atoms with Crippen molar-refractivity contribution in [3.8, 4) is 11.4 Å². The molecule has 1 aromatic heterocycles. The average molecular weight is 343 g/mol. The summed E-state index contributed by atoms with van der Waals surface area (Å²) in [6.07, 6.45) is 0. The van der Waals surface area contributed by atoms with Gasteiger partial charge in [-0.05, 0) is 18.2 Å².